The molecule has 0 atom stereocenters. The topological polar surface area (TPSA) is 90.0 Å². The van der Waals surface area contributed by atoms with Crippen LogP contribution in [0.4, 0.5) is 0 Å². The number of rotatable bonds is 6. The summed E-state index contributed by atoms with van der Waals surface area (Å²) in [5.74, 6) is 0.500. The van der Waals surface area contributed by atoms with Crippen LogP contribution in [0.2, 0.25) is 0 Å². The van der Waals surface area contributed by atoms with Crippen LogP contribution in [0.1, 0.15) is 11.5 Å². The van der Waals surface area contributed by atoms with Gasteiger partial charge in [-0.05, 0) is 13.0 Å². The summed E-state index contributed by atoms with van der Waals surface area (Å²) in [4.78, 5) is 3.89. The van der Waals surface area contributed by atoms with Gasteiger partial charge in [0.1, 0.15) is 5.76 Å². The predicted molar refractivity (Wildman–Crippen MR) is 64.1 cm³/mol. The second kappa shape index (κ2) is 5.32. The van der Waals surface area contributed by atoms with E-state index >= 15 is 0 Å². The molecule has 0 aromatic carbocycles. The Labute approximate surface area is 105 Å². The molecular formula is C10H14N4O3S. The predicted octanol–water partition coefficient (Wildman–Crippen LogP) is 0.299. The van der Waals surface area contributed by atoms with Gasteiger partial charge in [-0.1, -0.05) is 0 Å². The lowest BCUT2D eigenvalue weighted by Gasteiger charge is -2.05. The van der Waals surface area contributed by atoms with E-state index in [1.165, 1.54) is 6.39 Å². The van der Waals surface area contributed by atoms with Gasteiger partial charge in [0, 0.05) is 12.4 Å². The minimum absolute atomic E-state index is 0.0259. The normalized spacial score (nSPS) is 11.8. The van der Waals surface area contributed by atoms with Crippen LogP contribution in [0.25, 0.3) is 0 Å². The van der Waals surface area contributed by atoms with E-state index in [4.69, 9.17) is 4.42 Å². The number of nitrogens with zero attached hydrogens (tertiary/aromatic N) is 3. The summed E-state index contributed by atoms with van der Waals surface area (Å²) >= 11 is 0. The van der Waals surface area contributed by atoms with Crippen molar-refractivity contribution in [2.75, 3.05) is 5.75 Å². The molecule has 2 aromatic rings. The second-order valence-electron chi connectivity index (χ2n) is 3.77. The highest BCUT2D eigenvalue weighted by Gasteiger charge is 2.12. The fraction of sp³-hybridized carbons (Fsp3) is 0.400. The maximum Gasteiger partial charge on any atom is 0.213 e. The smallest absolute Gasteiger partial charge is 0.213 e. The molecule has 8 heteroatoms. The van der Waals surface area contributed by atoms with Crippen LogP contribution in [0.3, 0.4) is 0 Å². The molecular weight excluding hydrogens is 256 g/mol. The summed E-state index contributed by atoms with van der Waals surface area (Å²) in [6, 6.07) is 1.75. The molecule has 0 bridgehead atoms. The van der Waals surface area contributed by atoms with Gasteiger partial charge in [0.25, 0.3) is 0 Å². The van der Waals surface area contributed by atoms with Crippen molar-refractivity contribution in [1.82, 2.24) is 19.5 Å². The van der Waals surface area contributed by atoms with Crippen LogP contribution >= 0.6 is 0 Å². The Morgan fingerprint density at radius 2 is 2.33 bits per heavy atom. The highest BCUT2D eigenvalue weighted by molar-refractivity contribution is 7.89. The Bertz CT molecular complexity index is 588. The van der Waals surface area contributed by atoms with Gasteiger partial charge in [-0.3, -0.25) is 4.68 Å². The van der Waals surface area contributed by atoms with E-state index in [1.54, 1.807) is 30.1 Å². The zero-order chi connectivity index (χ0) is 13.0. The van der Waals surface area contributed by atoms with E-state index in [9.17, 15) is 8.42 Å². The Hall–Kier alpha value is -1.67. The van der Waals surface area contributed by atoms with Gasteiger partial charge in [0.2, 0.25) is 10.0 Å². The molecule has 0 amide bonds. The van der Waals surface area contributed by atoms with Crippen LogP contribution in [-0.2, 0) is 23.1 Å². The number of aromatic nitrogens is 3. The third-order valence-corrected chi connectivity index (χ3v) is 3.75. The summed E-state index contributed by atoms with van der Waals surface area (Å²) in [6.45, 7) is 2.20. The first-order valence-corrected chi connectivity index (χ1v) is 7.06. The van der Waals surface area contributed by atoms with Crippen molar-refractivity contribution in [1.29, 1.82) is 0 Å². The first kappa shape index (κ1) is 12.8. The lowest BCUT2D eigenvalue weighted by Crippen LogP contribution is -2.28. The van der Waals surface area contributed by atoms with Gasteiger partial charge >= 0.3 is 0 Å². The van der Waals surface area contributed by atoms with Crippen LogP contribution in [0.15, 0.2) is 29.3 Å². The summed E-state index contributed by atoms with van der Waals surface area (Å²) in [6.07, 6.45) is 4.62. The summed E-state index contributed by atoms with van der Waals surface area (Å²) in [5.41, 5.74) is 0.685. The van der Waals surface area contributed by atoms with Gasteiger partial charge in [-0.15, -0.1) is 0 Å². The van der Waals surface area contributed by atoms with Crippen molar-refractivity contribution in [3.05, 3.63) is 36.3 Å². The number of nitrogens with one attached hydrogen (secondary N) is 1. The van der Waals surface area contributed by atoms with Crippen molar-refractivity contribution in [2.45, 2.75) is 20.0 Å². The summed E-state index contributed by atoms with van der Waals surface area (Å²) in [7, 11) is -3.35. The average molecular weight is 270 g/mol. The molecule has 0 aliphatic rings. The minimum atomic E-state index is -3.35. The summed E-state index contributed by atoms with van der Waals surface area (Å²) in [5, 5.41) is 3.94. The van der Waals surface area contributed by atoms with Crippen molar-refractivity contribution >= 4 is 10.0 Å². The third kappa shape index (κ3) is 3.41. The molecule has 0 saturated carbocycles. The molecule has 0 fully saturated rings. The monoisotopic (exact) mass is 270 g/mol. The molecule has 2 rings (SSSR count). The van der Waals surface area contributed by atoms with Gasteiger partial charge in [0.05, 0.1) is 24.5 Å². The highest BCUT2D eigenvalue weighted by Crippen LogP contribution is 2.04. The van der Waals surface area contributed by atoms with E-state index in [-0.39, 0.29) is 12.3 Å². The Morgan fingerprint density at radius 3 is 2.94 bits per heavy atom. The molecule has 1 N–H and O–H groups in total. The van der Waals surface area contributed by atoms with Crippen molar-refractivity contribution < 1.29 is 12.8 Å². The van der Waals surface area contributed by atoms with Gasteiger partial charge in [-0.25, -0.2) is 18.1 Å². The molecule has 0 aliphatic heterocycles. The lowest BCUT2D eigenvalue weighted by atomic mass is 10.4. The van der Waals surface area contributed by atoms with Crippen molar-refractivity contribution in [3.63, 3.8) is 0 Å². The second-order valence-corrected chi connectivity index (χ2v) is 5.70. The number of sulfonamides is 1. The number of hydrogen-bond donors (Lipinski definition) is 1. The number of hydrogen-bond acceptors (Lipinski definition) is 5. The molecule has 7 nitrogen and oxygen atoms in total. The number of oxazole rings is 1. The fourth-order valence-corrected chi connectivity index (χ4v) is 2.31. The molecule has 98 valence electrons. The first-order valence-electron chi connectivity index (χ1n) is 5.40. The standard InChI is InChI=1S/C10H14N4O3S/c1-9-10(17-8-11-9)7-13-18(15,16)6-5-14-4-2-3-12-14/h2-4,8,13H,5-7H2,1H3. The molecule has 0 radical (unpaired) electrons. The van der Waals surface area contributed by atoms with Gasteiger partial charge in [-0.2, -0.15) is 5.10 Å². The molecule has 0 aliphatic carbocycles. The van der Waals surface area contributed by atoms with Crippen molar-refractivity contribution in [3.8, 4) is 0 Å². The van der Waals surface area contributed by atoms with Crippen LogP contribution in [0.5, 0.6) is 0 Å². The van der Waals surface area contributed by atoms with Crippen LogP contribution < -0.4 is 4.72 Å². The largest absolute Gasteiger partial charge is 0.447 e. The molecule has 0 unspecified atom stereocenters. The maximum absolute atomic E-state index is 11.7. The zero-order valence-corrected chi connectivity index (χ0v) is 10.7. The fourth-order valence-electron chi connectivity index (χ4n) is 1.39. The summed E-state index contributed by atoms with van der Waals surface area (Å²) < 4.78 is 32.5. The third-order valence-electron chi connectivity index (χ3n) is 2.45. The number of aryl methyl sites for hydroxylation is 2. The highest BCUT2D eigenvalue weighted by atomic mass is 32.2. The lowest BCUT2D eigenvalue weighted by molar-refractivity contribution is 0.491. The molecule has 2 heterocycles. The van der Waals surface area contributed by atoms with Crippen molar-refractivity contribution in [2.24, 2.45) is 0 Å². The minimum Gasteiger partial charge on any atom is -0.447 e. The molecule has 18 heavy (non-hydrogen) atoms. The molecule has 0 spiro atoms. The molecule has 2 aromatic heterocycles. The zero-order valence-electron chi connectivity index (χ0n) is 9.91. The van der Waals surface area contributed by atoms with Gasteiger partial charge in [0.15, 0.2) is 6.39 Å². The van der Waals surface area contributed by atoms with E-state index in [2.05, 4.69) is 14.8 Å². The Kier molecular flexibility index (Phi) is 3.78. The van der Waals surface area contributed by atoms with Gasteiger partial charge < -0.3 is 4.42 Å². The SMILES string of the molecule is Cc1ncoc1CNS(=O)(=O)CCn1cccn1. The van der Waals surface area contributed by atoms with E-state index in [1.807, 2.05) is 0 Å². The van der Waals surface area contributed by atoms with E-state index < -0.39 is 10.0 Å². The van der Waals surface area contributed by atoms with Crippen LogP contribution in [-0.4, -0.2) is 28.9 Å². The van der Waals surface area contributed by atoms with E-state index in [0.717, 1.165) is 0 Å². The van der Waals surface area contributed by atoms with E-state index in [0.29, 0.717) is 18.0 Å². The maximum atomic E-state index is 11.7. The Balaban J connectivity index is 1.86. The quantitative estimate of drug-likeness (QED) is 0.815. The average Bonchev–Trinajstić information content (AvgIpc) is 2.95. The Morgan fingerprint density at radius 1 is 1.50 bits per heavy atom. The molecule has 0 saturated heterocycles. The van der Waals surface area contributed by atoms with Crippen LogP contribution in [0, 0.1) is 6.92 Å². The first-order chi connectivity index (χ1) is 8.57.